The van der Waals surface area contributed by atoms with Gasteiger partial charge in [0.1, 0.15) is 5.69 Å². The van der Waals surface area contributed by atoms with Gasteiger partial charge in [-0.05, 0) is 24.1 Å². The van der Waals surface area contributed by atoms with Crippen LogP contribution in [0.5, 0.6) is 0 Å². The van der Waals surface area contributed by atoms with Gasteiger partial charge < -0.3 is 10.2 Å². The summed E-state index contributed by atoms with van der Waals surface area (Å²) in [5.74, 6) is -0.0554. The molecule has 1 aromatic carbocycles. The first-order chi connectivity index (χ1) is 11.9. The van der Waals surface area contributed by atoms with E-state index >= 15 is 0 Å². The number of amides is 1. The van der Waals surface area contributed by atoms with Crippen LogP contribution in [0.3, 0.4) is 0 Å². The number of pyridine rings is 1. The maximum atomic E-state index is 12.4. The standard InChI is InChI=1S/C18H22N4O3/c1-13(2)18(14-8-6-7-11-19-14)20-17(23)12-21(3)15-9-4-5-10-16(15)22(24)25/h4-11,13,18H,12H2,1-3H3,(H,20,23)/t18-/m0/s1. The third-order valence-electron chi connectivity index (χ3n) is 3.86. The van der Waals surface area contributed by atoms with Gasteiger partial charge in [0.25, 0.3) is 5.69 Å². The predicted octanol–water partition coefficient (Wildman–Crippen LogP) is 2.94. The lowest BCUT2D eigenvalue weighted by atomic mass is 10.0. The Morgan fingerprint density at radius 3 is 2.52 bits per heavy atom. The first-order valence-corrected chi connectivity index (χ1v) is 8.05. The Kier molecular flexibility index (Phi) is 6.05. The van der Waals surface area contributed by atoms with Gasteiger partial charge in [0.15, 0.2) is 0 Å². The number of nitro benzene ring substituents is 1. The molecule has 7 nitrogen and oxygen atoms in total. The summed E-state index contributed by atoms with van der Waals surface area (Å²) in [5, 5.41) is 14.1. The Bertz CT molecular complexity index is 734. The molecule has 0 aliphatic rings. The molecule has 0 saturated carbocycles. The number of rotatable bonds is 7. The van der Waals surface area contributed by atoms with Crippen LogP contribution in [-0.4, -0.2) is 29.4 Å². The summed E-state index contributed by atoms with van der Waals surface area (Å²) in [7, 11) is 1.66. The molecule has 0 fully saturated rings. The predicted molar refractivity (Wildman–Crippen MR) is 96.3 cm³/mol. The summed E-state index contributed by atoms with van der Waals surface area (Å²) in [6.45, 7) is 4.03. The molecule has 0 unspecified atom stereocenters. The summed E-state index contributed by atoms with van der Waals surface area (Å²) >= 11 is 0. The molecule has 132 valence electrons. The number of para-hydroxylation sites is 2. The number of aromatic nitrogens is 1. The van der Waals surface area contributed by atoms with E-state index in [1.165, 1.54) is 6.07 Å². The largest absolute Gasteiger partial charge is 0.360 e. The van der Waals surface area contributed by atoms with Crippen molar-refractivity contribution in [2.45, 2.75) is 19.9 Å². The van der Waals surface area contributed by atoms with Crippen LogP contribution in [0.4, 0.5) is 11.4 Å². The lowest BCUT2D eigenvalue weighted by Crippen LogP contribution is -2.39. The molecule has 1 aromatic heterocycles. The van der Waals surface area contributed by atoms with E-state index in [0.717, 1.165) is 5.69 Å². The molecular formula is C18H22N4O3. The lowest BCUT2D eigenvalue weighted by molar-refractivity contribution is -0.384. The normalized spacial score (nSPS) is 11.8. The quantitative estimate of drug-likeness (QED) is 0.617. The number of nitro groups is 1. The molecular weight excluding hydrogens is 320 g/mol. The third-order valence-corrected chi connectivity index (χ3v) is 3.86. The molecule has 0 aliphatic carbocycles. The SMILES string of the molecule is CC(C)[C@H](NC(=O)CN(C)c1ccccc1[N+](=O)[O-])c1ccccn1. The Morgan fingerprint density at radius 1 is 1.24 bits per heavy atom. The second-order valence-corrected chi connectivity index (χ2v) is 6.15. The monoisotopic (exact) mass is 342 g/mol. The van der Waals surface area contributed by atoms with Crippen molar-refractivity contribution >= 4 is 17.3 Å². The van der Waals surface area contributed by atoms with E-state index < -0.39 is 4.92 Å². The minimum absolute atomic E-state index is 0.0148. The number of hydrogen-bond acceptors (Lipinski definition) is 5. The molecule has 25 heavy (non-hydrogen) atoms. The number of carbonyl (C=O) groups is 1. The molecule has 1 atom stereocenters. The van der Waals surface area contributed by atoms with Gasteiger partial charge in [-0.3, -0.25) is 19.9 Å². The van der Waals surface area contributed by atoms with Gasteiger partial charge in [-0.1, -0.05) is 32.0 Å². The van der Waals surface area contributed by atoms with E-state index in [4.69, 9.17) is 0 Å². The molecule has 7 heteroatoms. The summed E-state index contributed by atoms with van der Waals surface area (Å²) in [4.78, 5) is 29.0. The Labute approximate surface area is 146 Å². The molecule has 0 spiro atoms. The minimum atomic E-state index is -0.450. The summed E-state index contributed by atoms with van der Waals surface area (Å²) in [6.07, 6.45) is 1.69. The van der Waals surface area contributed by atoms with E-state index in [9.17, 15) is 14.9 Å². The average Bonchev–Trinajstić information content (AvgIpc) is 2.60. The van der Waals surface area contributed by atoms with Crippen LogP contribution >= 0.6 is 0 Å². The van der Waals surface area contributed by atoms with Gasteiger partial charge in [-0.25, -0.2) is 0 Å². The van der Waals surface area contributed by atoms with Crippen molar-refractivity contribution in [3.8, 4) is 0 Å². The highest BCUT2D eigenvalue weighted by molar-refractivity contribution is 5.82. The second-order valence-electron chi connectivity index (χ2n) is 6.15. The highest BCUT2D eigenvalue weighted by atomic mass is 16.6. The van der Waals surface area contributed by atoms with Crippen LogP contribution in [0.1, 0.15) is 25.6 Å². The molecule has 2 rings (SSSR count). The summed E-state index contributed by atoms with van der Waals surface area (Å²) < 4.78 is 0. The smallest absolute Gasteiger partial charge is 0.292 e. The van der Waals surface area contributed by atoms with E-state index in [2.05, 4.69) is 10.3 Å². The van der Waals surface area contributed by atoms with E-state index in [1.807, 2.05) is 32.0 Å². The summed E-state index contributed by atoms with van der Waals surface area (Å²) in [6, 6.07) is 11.7. The maximum Gasteiger partial charge on any atom is 0.292 e. The van der Waals surface area contributed by atoms with Crippen LogP contribution in [0.25, 0.3) is 0 Å². The number of nitrogens with zero attached hydrogens (tertiary/aromatic N) is 3. The highest BCUT2D eigenvalue weighted by Gasteiger charge is 2.22. The maximum absolute atomic E-state index is 12.4. The van der Waals surface area contributed by atoms with E-state index in [1.54, 1.807) is 36.3 Å². The van der Waals surface area contributed by atoms with Gasteiger partial charge >= 0.3 is 0 Å². The lowest BCUT2D eigenvalue weighted by Gasteiger charge is -2.24. The van der Waals surface area contributed by atoms with Gasteiger partial charge in [-0.2, -0.15) is 0 Å². The number of anilines is 1. The Morgan fingerprint density at radius 2 is 1.92 bits per heavy atom. The summed E-state index contributed by atoms with van der Waals surface area (Å²) in [5.41, 5.74) is 1.17. The van der Waals surface area contributed by atoms with Crippen LogP contribution < -0.4 is 10.2 Å². The zero-order chi connectivity index (χ0) is 18.4. The molecule has 0 bridgehead atoms. The van der Waals surface area contributed by atoms with Gasteiger partial charge in [0.05, 0.1) is 23.2 Å². The first-order valence-electron chi connectivity index (χ1n) is 8.05. The van der Waals surface area contributed by atoms with Crippen molar-refractivity contribution in [2.75, 3.05) is 18.5 Å². The van der Waals surface area contributed by atoms with Crippen LogP contribution in [0, 0.1) is 16.0 Å². The molecule has 0 radical (unpaired) electrons. The van der Waals surface area contributed by atoms with E-state index in [0.29, 0.717) is 5.69 Å². The second kappa shape index (κ2) is 8.23. The number of likely N-dealkylation sites (N-methyl/N-ethyl adjacent to an activating group) is 1. The van der Waals surface area contributed by atoms with Crippen molar-refractivity contribution in [1.82, 2.24) is 10.3 Å². The molecule has 0 saturated heterocycles. The van der Waals surface area contributed by atoms with Gasteiger partial charge in [0, 0.05) is 19.3 Å². The molecule has 1 amide bonds. The zero-order valence-electron chi connectivity index (χ0n) is 14.5. The number of hydrogen-bond donors (Lipinski definition) is 1. The fraction of sp³-hybridized carbons (Fsp3) is 0.333. The number of nitrogens with one attached hydrogen (secondary N) is 1. The molecule has 1 N–H and O–H groups in total. The van der Waals surface area contributed by atoms with Gasteiger partial charge in [-0.15, -0.1) is 0 Å². The van der Waals surface area contributed by atoms with E-state index in [-0.39, 0.29) is 30.1 Å². The van der Waals surface area contributed by atoms with Crippen LogP contribution in [0.15, 0.2) is 48.7 Å². The molecule has 0 aliphatic heterocycles. The van der Waals surface area contributed by atoms with Crippen LogP contribution in [-0.2, 0) is 4.79 Å². The van der Waals surface area contributed by atoms with Crippen molar-refractivity contribution in [1.29, 1.82) is 0 Å². The van der Waals surface area contributed by atoms with Crippen LogP contribution in [0.2, 0.25) is 0 Å². The number of benzene rings is 1. The zero-order valence-corrected chi connectivity index (χ0v) is 14.5. The Balaban J connectivity index is 2.10. The molecule has 2 aromatic rings. The number of carbonyl (C=O) groups excluding carboxylic acids is 1. The van der Waals surface area contributed by atoms with Crippen molar-refractivity contribution in [3.63, 3.8) is 0 Å². The van der Waals surface area contributed by atoms with Crippen molar-refractivity contribution in [2.24, 2.45) is 5.92 Å². The fourth-order valence-corrected chi connectivity index (χ4v) is 2.60. The topological polar surface area (TPSA) is 88.4 Å². The minimum Gasteiger partial charge on any atom is -0.360 e. The first kappa shape index (κ1) is 18.4. The van der Waals surface area contributed by atoms with Crippen molar-refractivity contribution in [3.05, 3.63) is 64.5 Å². The fourth-order valence-electron chi connectivity index (χ4n) is 2.60. The van der Waals surface area contributed by atoms with Gasteiger partial charge in [0.2, 0.25) is 5.91 Å². The Hall–Kier alpha value is -2.96. The average molecular weight is 342 g/mol. The highest BCUT2D eigenvalue weighted by Crippen LogP contribution is 2.26. The van der Waals surface area contributed by atoms with Crippen molar-refractivity contribution < 1.29 is 9.72 Å². The third kappa shape index (κ3) is 4.76. The molecule has 1 heterocycles.